The van der Waals surface area contributed by atoms with E-state index in [0.29, 0.717) is 21.0 Å². The normalized spacial score (nSPS) is 11.1. The van der Waals surface area contributed by atoms with Crippen LogP contribution >= 0.6 is 22.9 Å². The van der Waals surface area contributed by atoms with Crippen molar-refractivity contribution in [1.29, 1.82) is 0 Å². The summed E-state index contributed by atoms with van der Waals surface area (Å²) in [6, 6.07) is 7.34. The van der Waals surface area contributed by atoms with E-state index < -0.39 is 0 Å². The molecule has 9 nitrogen and oxygen atoms in total. The molecule has 3 aromatic heterocycles. The molecular formula is C16H14ClN7O2S. The van der Waals surface area contributed by atoms with Crippen molar-refractivity contribution in [2.75, 3.05) is 0 Å². The minimum Gasteiger partial charge on any atom is -0.472 e. The second-order valence-electron chi connectivity index (χ2n) is 5.70. The standard InChI is InChI=1S/C16H14ClN7O2S/c1-10-4-3-5-12(24-16(25)22(2)20-21-24)11(10)9-26-14-6-7-23(19-14)15-18-8-13(17)27-15/h3-8H,9H2,1-2H3. The van der Waals surface area contributed by atoms with Gasteiger partial charge in [-0.05, 0) is 29.0 Å². The lowest BCUT2D eigenvalue weighted by molar-refractivity contribution is 0.290. The van der Waals surface area contributed by atoms with Gasteiger partial charge in [-0.3, -0.25) is 0 Å². The van der Waals surface area contributed by atoms with Crippen LogP contribution in [0.25, 0.3) is 10.8 Å². The number of aromatic nitrogens is 7. The molecule has 27 heavy (non-hydrogen) atoms. The highest BCUT2D eigenvalue weighted by Gasteiger charge is 2.14. The van der Waals surface area contributed by atoms with Gasteiger partial charge in [0.1, 0.15) is 10.9 Å². The average Bonchev–Trinajstić information content (AvgIpc) is 3.36. The third kappa shape index (κ3) is 3.36. The largest absolute Gasteiger partial charge is 0.472 e. The number of hydrogen-bond donors (Lipinski definition) is 0. The molecule has 0 N–H and O–H groups in total. The maximum Gasteiger partial charge on any atom is 0.368 e. The summed E-state index contributed by atoms with van der Waals surface area (Å²) in [5.74, 6) is 0.432. The van der Waals surface area contributed by atoms with Gasteiger partial charge in [0, 0.05) is 24.9 Å². The fourth-order valence-electron chi connectivity index (χ4n) is 2.53. The van der Waals surface area contributed by atoms with Crippen molar-refractivity contribution in [3.63, 3.8) is 0 Å². The van der Waals surface area contributed by atoms with E-state index in [1.165, 1.54) is 20.7 Å². The molecule has 0 amide bonds. The lowest BCUT2D eigenvalue weighted by Crippen LogP contribution is -2.23. The maximum atomic E-state index is 12.2. The molecule has 0 aliphatic carbocycles. The summed E-state index contributed by atoms with van der Waals surface area (Å²) < 4.78 is 10.4. The van der Waals surface area contributed by atoms with Gasteiger partial charge in [-0.15, -0.1) is 5.10 Å². The summed E-state index contributed by atoms with van der Waals surface area (Å²) in [5.41, 5.74) is 2.09. The van der Waals surface area contributed by atoms with Crippen LogP contribution in [0.2, 0.25) is 4.34 Å². The van der Waals surface area contributed by atoms with Crippen LogP contribution in [-0.4, -0.2) is 34.6 Å². The Morgan fingerprint density at radius 2 is 2.11 bits per heavy atom. The molecule has 0 aliphatic rings. The van der Waals surface area contributed by atoms with Gasteiger partial charge >= 0.3 is 5.69 Å². The molecule has 0 aliphatic heterocycles. The van der Waals surface area contributed by atoms with Gasteiger partial charge in [-0.1, -0.05) is 35.1 Å². The Hall–Kier alpha value is -2.98. The number of ether oxygens (including phenoxy) is 1. The van der Waals surface area contributed by atoms with Crippen molar-refractivity contribution >= 4 is 22.9 Å². The topological polar surface area (TPSA) is 92.7 Å². The summed E-state index contributed by atoms with van der Waals surface area (Å²) in [7, 11) is 1.55. The molecular weight excluding hydrogens is 390 g/mol. The van der Waals surface area contributed by atoms with E-state index in [0.717, 1.165) is 11.1 Å². The van der Waals surface area contributed by atoms with Crippen molar-refractivity contribution in [3.05, 3.63) is 62.6 Å². The van der Waals surface area contributed by atoms with E-state index >= 15 is 0 Å². The second kappa shape index (κ2) is 6.97. The molecule has 0 unspecified atom stereocenters. The first-order valence-corrected chi connectivity index (χ1v) is 9.10. The van der Waals surface area contributed by atoms with Crippen molar-refractivity contribution < 1.29 is 4.74 Å². The Kier molecular flexibility index (Phi) is 4.50. The van der Waals surface area contributed by atoms with E-state index in [4.69, 9.17) is 16.3 Å². The number of thiazole rings is 1. The van der Waals surface area contributed by atoms with Crippen molar-refractivity contribution in [3.8, 4) is 16.7 Å². The zero-order chi connectivity index (χ0) is 19.0. The highest BCUT2D eigenvalue weighted by molar-refractivity contribution is 7.18. The van der Waals surface area contributed by atoms with Crippen LogP contribution in [0.4, 0.5) is 0 Å². The number of halogens is 1. The lowest BCUT2D eigenvalue weighted by atomic mass is 10.1. The zero-order valence-corrected chi connectivity index (χ0v) is 16.0. The first kappa shape index (κ1) is 17.4. The summed E-state index contributed by atoms with van der Waals surface area (Å²) >= 11 is 7.23. The molecule has 3 heterocycles. The summed E-state index contributed by atoms with van der Waals surface area (Å²) in [4.78, 5) is 16.4. The predicted octanol–water partition coefficient (Wildman–Crippen LogP) is 2.15. The molecule has 4 rings (SSSR count). The summed E-state index contributed by atoms with van der Waals surface area (Å²) in [6.07, 6.45) is 3.32. The van der Waals surface area contributed by atoms with Gasteiger partial charge in [-0.2, -0.15) is 9.36 Å². The lowest BCUT2D eigenvalue weighted by Gasteiger charge is -2.11. The van der Waals surface area contributed by atoms with E-state index in [-0.39, 0.29) is 12.3 Å². The number of nitrogens with zero attached hydrogens (tertiary/aromatic N) is 7. The summed E-state index contributed by atoms with van der Waals surface area (Å²) in [5, 5.41) is 12.7. The first-order valence-electron chi connectivity index (χ1n) is 7.91. The third-order valence-corrected chi connectivity index (χ3v) is 5.03. The molecule has 0 saturated heterocycles. The third-order valence-electron chi connectivity index (χ3n) is 3.93. The Balaban J connectivity index is 1.60. The Morgan fingerprint density at radius 1 is 1.26 bits per heavy atom. The highest BCUT2D eigenvalue weighted by atomic mass is 35.5. The first-order chi connectivity index (χ1) is 13.0. The second-order valence-corrected chi connectivity index (χ2v) is 7.34. The molecule has 0 saturated carbocycles. The molecule has 1 aromatic carbocycles. The van der Waals surface area contributed by atoms with E-state index in [1.54, 1.807) is 36.3 Å². The number of benzene rings is 1. The quantitative estimate of drug-likeness (QED) is 0.507. The molecule has 0 spiro atoms. The minimum atomic E-state index is -0.327. The van der Waals surface area contributed by atoms with E-state index in [9.17, 15) is 4.79 Å². The minimum absolute atomic E-state index is 0.223. The van der Waals surface area contributed by atoms with E-state index in [1.807, 2.05) is 19.1 Å². The van der Waals surface area contributed by atoms with Crippen molar-refractivity contribution in [2.24, 2.45) is 7.05 Å². The van der Waals surface area contributed by atoms with Crippen LogP contribution in [0.3, 0.4) is 0 Å². The SMILES string of the molecule is Cc1cccc(-n2nnn(C)c2=O)c1COc1ccn(-c2ncc(Cl)s2)n1. The fourth-order valence-corrected chi connectivity index (χ4v) is 3.36. The number of hydrogen-bond acceptors (Lipinski definition) is 7. The maximum absolute atomic E-state index is 12.2. The molecule has 0 atom stereocenters. The van der Waals surface area contributed by atoms with Crippen molar-refractivity contribution in [1.82, 2.24) is 34.6 Å². The van der Waals surface area contributed by atoms with Gasteiger partial charge in [-0.25, -0.2) is 14.5 Å². The molecule has 0 radical (unpaired) electrons. The Bertz CT molecular complexity index is 1160. The monoisotopic (exact) mass is 403 g/mol. The number of rotatable bonds is 5. The Labute approximate surface area is 162 Å². The molecule has 138 valence electrons. The van der Waals surface area contributed by atoms with Gasteiger partial charge in [0.25, 0.3) is 0 Å². The highest BCUT2D eigenvalue weighted by Crippen LogP contribution is 2.23. The Morgan fingerprint density at radius 3 is 2.81 bits per heavy atom. The number of aryl methyl sites for hydroxylation is 2. The average molecular weight is 404 g/mol. The van der Waals surface area contributed by atoms with E-state index in [2.05, 4.69) is 20.5 Å². The molecule has 11 heteroatoms. The van der Waals surface area contributed by atoms with Crippen LogP contribution in [0.1, 0.15) is 11.1 Å². The van der Waals surface area contributed by atoms with Crippen LogP contribution in [0.15, 0.2) is 41.5 Å². The zero-order valence-electron chi connectivity index (χ0n) is 14.4. The van der Waals surface area contributed by atoms with Gasteiger partial charge in [0.2, 0.25) is 11.0 Å². The van der Waals surface area contributed by atoms with Crippen molar-refractivity contribution in [2.45, 2.75) is 13.5 Å². The van der Waals surface area contributed by atoms with Gasteiger partial charge in [0.05, 0.1) is 11.9 Å². The van der Waals surface area contributed by atoms with Crippen LogP contribution in [0.5, 0.6) is 5.88 Å². The predicted molar refractivity (Wildman–Crippen MR) is 99.9 cm³/mol. The van der Waals surface area contributed by atoms with Crippen LogP contribution < -0.4 is 10.4 Å². The van der Waals surface area contributed by atoms with Crippen LogP contribution in [0, 0.1) is 6.92 Å². The molecule has 4 aromatic rings. The smallest absolute Gasteiger partial charge is 0.368 e. The number of tetrazole rings is 1. The van der Waals surface area contributed by atoms with Gasteiger partial charge in [0.15, 0.2) is 0 Å². The summed E-state index contributed by atoms with van der Waals surface area (Å²) in [6.45, 7) is 2.17. The van der Waals surface area contributed by atoms with Gasteiger partial charge < -0.3 is 4.74 Å². The fraction of sp³-hybridized carbons (Fsp3) is 0.188. The molecule has 0 fully saturated rings. The van der Waals surface area contributed by atoms with Crippen LogP contribution in [-0.2, 0) is 13.7 Å². The molecule has 0 bridgehead atoms.